The van der Waals surface area contributed by atoms with Crippen molar-refractivity contribution in [2.24, 2.45) is 0 Å². The van der Waals surface area contributed by atoms with Gasteiger partial charge in [0.25, 0.3) is 0 Å². The van der Waals surface area contributed by atoms with Crippen LogP contribution in [0.25, 0.3) is 0 Å². The summed E-state index contributed by atoms with van der Waals surface area (Å²) in [5.74, 6) is -1.16. The molecule has 0 spiro atoms. The van der Waals surface area contributed by atoms with E-state index in [1.54, 1.807) is 112 Å². The third kappa shape index (κ3) is 6.39. The van der Waals surface area contributed by atoms with Gasteiger partial charge in [-0.2, -0.15) is 0 Å². The highest BCUT2D eigenvalue weighted by molar-refractivity contribution is 5.91. The lowest BCUT2D eigenvalue weighted by Crippen LogP contribution is -2.52. The molecule has 3 aromatic carbocycles. The fourth-order valence-corrected chi connectivity index (χ4v) is 4.29. The van der Waals surface area contributed by atoms with Crippen LogP contribution in [0.2, 0.25) is 0 Å². The smallest absolute Gasteiger partial charge is 0.348 e. The van der Waals surface area contributed by atoms with Crippen molar-refractivity contribution >= 4 is 17.6 Å². The fourth-order valence-electron chi connectivity index (χ4n) is 4.29. The summed E-state index contributed by atoms with van der Waals surface area (Å²) in [6.45, 7) is 3.05. The van der Waals surface area contributed by atoms with Crippen LogP contribution in [-0.2, 0) is 19.9 Å². The van der Waals surface area contributed by atoms with E-state index in [9.17, 15) is 14.7 Å². The number of methoxy groups -OCH3 is 1. The van der Waals surface area contributed by atoms with E-state index in [1.165, 1.54) is 0 Å². The maximum atomic E-state index is 13.0. The van der Waals surface area contributed by atoms with Gasteiger partial charge >= 0.3 is 12.0 Å². The number of carbonyl (C=O) groups excluding carboxylic acids is 1. The molecule has 4 aromatic rings. The SMILES string of the molecule is COc1ccc(NC(=O)COC(c2ccccc2)(c2ccccc2)C(Oc2nc(C)cc(C)n2)C(=O)O)cc1. The molecule has 1 aromatic heterocycles. The van der Waals surface area contributed by atoms with Crippen molar-refractivity contribution in [3.63, 3.8) is 0 Å². The number of benzene rings is 3. The highest BCUT2D eigenvalue weighted by atomic mass is 16.6. The van der Waals surface area contributed by atoms with Crippen molar-refractivity contribution in [1.82, 2.24) is 9.97 Å². The largest absolute Gasteiger partial charge is 0.497 e. The predicted octanol–water partition coefficient (Wildman–Crippen LogP) is 4.53. The maximum absolute atomic E-state index is 13.0. The van der Waals surface area contributed by atoms with Crippen LogP contribution in [0.15, 0.2) is 91.0 Å². The molecule has 0 fully saturated rings. The van der Waals surface area contributed by atoms with Crippen molar-refractivity contribution in [1.29, 1.82) is 0 Å². The number of aryl methyl sites for hydroxylation is 2. The first-order valence-electron chi connectivity index (χ1n) is 12.2. The number of carboxylic acid groups (broad SMARTS) is 1. The Kier molecular flexibility index (Phi) is 8.53. The third-order valence-corrected chi connectivity index (χ3v) is 5.99. The normalized spacial score (nSPS) is 11.9. The van der Waals surface area contributed by atoms with E-state index < -0.39 is 30.2 Å². The van der Waals surface area contributed by atoms with Crippen LogP contribution in [0, 0.1) is 13.8 Å². The van der Waals surface area contributed by atoms with Gasteiger partial charge in [0, 0.05) is 17.1 Å². The number of anilines is 1. The van der Waals surface area contributed by atoms with Crippen LogP contribution in [0.3, 0.4) is 0 Å². The molecule has 9 heteroatoms. The molecule has 0 radical (unpaired) electrons. The summed E-state index contributed by atoms with van der Waals surface area (Å²) >= 11 is 0. The lowest BCUT2D eigenvalue weighted by molar-refractivity contribution is -0.166. The van der Waals surface area contributed by atoms with Crippen LogP contribution in [-0.4, -0.2) is 46.8 Å². The second-order valence-electron chi connectivity index (χ2n) is 8.80. The standard InChI is InChI=1S/C30H29N3O6/c1-20-18-21(2)32-29(31-20)39-27(28(35)36)30(22-10-6-4-7-11-22,23-12-8-5-9-13-23)38-19-26(34)33-24-14-16-25(37-3)17-15-24/h4-18,27H,19H2,1-3H3,(H,33,34)(H,35,36). The van der Waals surface area contributed by atoms with Gasteiger partial charge in [-0.15, -0.1) is 0 Å². The Morgan fingerprint density at radius 1 is 0.872 bits per heavy atom. The van der Waals surface area contributed by atoms with Gasteiger partial charge < -0.3 is 24.6 Å². The highest BCUT2D eigenvalue weighted by Crippen LogP contribution is 2.39. The number of aromatic nitrogens is 2. The van der Waals surface area contributed by atoms with Gasteiger partial charge in [-0.05, 0) is 55.3 Å². The average molecular weight is 528 g/mol. The van der Waals surface area contributed by atoms with E-state index in [0.29, 0.717) is 34.0 Å². The number of nitrogens with one attached hydrogen (secondary N) is 1. The van der Waals surface area contributed by atoms with Crippen molar-refractivity contribution < 1.29 is 28.9 Å². The first-order chi connectivity index (χ1) is 18.8. The molecule has 200 valence electrons. The van der Waals surface area contributed by atoms with E-state index >= 15 is 0 Å². The van der Waals surface area contributed by atoms with Crippen molar-refractivity contribution in [3.05, 3.63) is 114 Å². The summed E-state index contributed by atoms with van der Waals surface area (Å²) in [5.41, 5.74) is 0.976. The van der Waals surface area contributed by atoms with E-state index in [4.69, 9.17) is 14.2 Å². The summed E-state index contributed by atoms with van der Waals surface area (Å²) in [4.78, 5) is 34.5. The quantitative estimate of drug-likeness (QED) is 0.292. The molecule has 0 aliphatic rings. The number of nitrogens with zero attached hydrogens (tertiary/aromatic N) is 2. The van der Waals surface area contributed by atoms with E-state index in [1.807, 2.05) is 0 Å². The molecule has 0 aliphatic carbocycles. The molecule has 0 saturated carbocycles. The Bertz CT molecular complexity index is 1350. The van der Waals surface area contributed by atoms with Gasteiger partial charge in [-0.1, -0.05) is 60.7 Å². The molecule has 9 nitrogen and oxygen atoms in total. The molecule has 1 unspecified atom stereocenters. The lowest BCUT2D eigenvalue weighted by atomic mass is 9.81. The first kappa shape index (κ1) is 27.3. The maximum Gasteiger partial charge on any atom is 0.348 e. The topological polar surface area (TPSA) is 120 Å². The summed E-state index contributed by atoms with van der Waals surface area (Å²) in [5, 5.41) is 13.3. The second-order valence-corrected chi connectivity index (χ2v) is 8.80. The van der Waals surface area contributed by atoms with Crippen LogP contribution < -0.4 is 14.8 Å². The van der Waals surface area contributed by atoms with Gasteiger partial charge in [0.2, 0.25) is 12.0 Å². The molecule has 1 atom stereocenters. The first-order valence-corrected chi connectivity index (χ1v) is 12.2. The summed E-state index contributed by atoms with van der Waals surface area (Å²) in [6.07, 6.45) is -1.66. The van der Waals surface area contributed by atoms with Crippen molar-refractivity contribution in [3.8, 4) is 11.8 Å². The number of ether oxygens (including phenoxy) is 3. The number of amides is 1. The van der Waals surface area contributed by atoms with E-state index in [-0.39, 0.29) is 6.01 Å². The Morgan fingerprint density at radius 2 is 1.41 bits per heavy atom. The number of aliphatic carboxylic acids is 1. The van der Waals surface area contributed by atoms with Crippen LogP contribution in [0.5, 0.6) is 11.8 Å². The van der Waals surface area contributed by atoms with Crippen molar-refractivity contribution in [2.75, 3.05) is 19.0 Å². The monoisotopic (exact) mass is 527 g/mol. The Hall–Kier alpha value is -4.76. The lowest BCUT2D eigenvalue weighted by Gasteiger charge is -2.38. The van der Waals surface area contributed by atoms with Gasteiger partial charge in [-0.3, -0.25) is 4.79 Å². The molecule has 0 bridgehead atoms. The van der Waals surface area contributed by atoms with Gasteiger partial charge in [0.05, 0.1) is 7.11 Å². The zero-order chi connectivity index (χ0) is 27.8. The summed E-state index contributed by atoms with van der Waals surface area (Å²) in [6, 6.07) is 26.1. The molecular formula is C30H29N3O6. The molecule has 0 saturated heterocycles. The molecule has 1 amide bonds. The number of rotatable bonds is 11. The number of hydrogen-bond acceptors (Lipinski definition) is 7. The minimum absolute atomic E-state index is 0.109. The van der Waals surface area contributed by atoms with Crippen molar-refractivity contribution in [2.45, 2.75) is 25.6 Å². The minimum Gasteiger partial charge on any atom is -0.497 e. The predicted molar refractivity (Wildman–Crippen MR) is 145 cm³/mol. The number of carbonyl (C=O) groups is 2. The number of hydrogen-bond donors (Lipinski definition) is 2. The molecule has 1 heterocycles. The van der Waals surface area contributed by atoms with E-state index in [0.717, 1.165) is 0 Å². The molecular weight excluding hydrogens is 498 g/mol. The summed E-state index contributed by atoms with van der Waals surface area (Å²) < 4.78 is 17.5. The highest BCUT2D eigenvalue weighted by Gasteiger charge is 2.50. The van der Waals surface area contributed by atoms with Crippen LogP contribution >= 0.6 is 0 Å². The number of carboxylic acids is 1. The fraction of sp³-hybridized carbons (Fsp3) is 0.200. The zero-order valence-corrected chi connectivity index (χ0v) is 21.8. The van der Waals surface area contributed by atoms with Crippen LogP contribution in [0.1, 0.15) is 22.5 Å². The van der Waals surface area contributed by atoms with Gasteiger partial charge in [-0.25, -0.2) is 14.8 Å². The van der Waals surface area contributed by atoms with Gasteiger partial charge in [0.1, 0.15) is 12.4 Å². The van der Waals surface area contributed by atoms with E-state index in [2.05, 4.69) is 15.3 Å². The Balaban J connectivity index is 1.77. The molecule has 39 heavy (non-hydrogen) atoms. The molecule has 2 N–H and O–H groups in total. The average Bonchev–Trinajstić information content (AvgIpc) is 2.93. The molecule has 0 aliphatic heterocycles. The Morgan fingerprint density at radius 3 is 1.90 bits per heavy atom. The Labute approximate surface area is 226 Å². The summed E-state index contributed by atoms with van der Waals surface area (Å²) in [7, 11) is 1.55. The second kappa shape index (κ2) is 12.2. The zero-order valence-electron chi connectivity index (χ0n) is 21.8. The third-order valence-electron chi connectivity index (χ3n) is 5.99. The molecule has 4 rings (SSSR count). The minimum atomic E-state index is -1.74. The van der Waals surface area contributed by atoms with Crippen LogP contribution in [0.4, 0.5) is 5.69 Å². The van der Waals surface area contributed by atoms with Gasteiger partial charge in [0.15, 0.2) is 5.60 Å².